The van der Waals surface area contributed by atoms with Crippen molar-refractivity contribution < 1.29 is 4.79 Å². The first-order valence-electron chi connectivity index (χ1n) is 7.53. The Balaban J connectivity index is 1.79. The molecular weight excluding hydrogens is 236 g/mol. The molecule has 2 fully saturated rings. The molecule has 0 aromatic carbocycles. The molecule has 106 valence electrons. The van der Waals surface area contributed by atoms with Gasteiger partial charge in [0.15, 0.2) is 0 Å². The van der Waals surface area contributed by atoms with E-state index >= 15 is 0 Å². The lowest BCUT2D eigenvalue weighted by Gasteiger charge is -2.36. The van der Waals surface area contributed by atoms with Crippen molar-refractivity contribution >= 4 is 5.91 Å². The third-order valence-electron chi connectivity index (χ3n) is 4.32. The largest absolute Gasteiger partial charge is 0.342 e. The van der Waals surface area contributed by atoms with Gasteiger partial charge in [-0.25, -0.2) is 0 Å². The van der Waals surface area contributed by atoms with Crippen LogP contribution >= 0.6 is 0 Å². The molecule has 3 nitrogen and oxygen atoms in total. The van der Waals surface area contributed by atoms with Crippen LogP contribution in [0.3, 0.4) is 0 Å². The average molecular weight is 262 g/mol. The summed E-state index contributed by atoms with van der Waals surface area (Å²) in [6.07, 6.45) is 10.00. The van der Waals surface area contributed by atoms with Crippen LogP contribution in [0.15, 0.2) is 23.8 Å². The molecule has 0 aromatic heterocycles. The fourth-order valence-corrected chi connectivity index (χ4v) is 2.95. The van der Waals surface area contributed by atoms with Gasteiger partial charge < -0.3 is 4.90 Å². The highest BCUT2D eigenvalue weighted by atomic mass is 16.2. The lowest BCUT2D eigenvalue weighted by Crippen LogP contribution is -2.48. The fourth-order valence-electron chi connectivity index (χ4n) is 2.95. The van der Waals surface area contributed by atoms with E-state index in [2.05, 4.69) is 41.9 Å². The monoisotopic (exact) mass is 262 g/mol. The quantitative estimate of drug-likeness (QED) is 0.727. The van der Waals surface area contributed by atoms with Crippen molar-refractivity contribution in [1.82, 2.24) is 9.80 Å². The summed E-state index contributed by atoms with van der Waals surface area (Å²) < 4.78 is 0. The summed E-state index contributed by atoms with van der Waals surface area (Å²) in [5.74, 6) is 0.959. The molecule has 0 N–H and O–H groups in total. The van der Waals surface area contributed by atoms with Gasteiger partial charge in [0.05, 0.1) is 6.54 Å². The van der Waals surface area contributed by atoms with Crippen molar-refractivity contribution in [3.05, 3.63) is 23.8 Å². The number of carbonyl (C=O) groups excluding carboxylic acids is 1. The van der Waals surface area contributed by atoms with E-state index in [9.17, 15) is 4.79 Å². The van der Waals surface area contributed by atoms with Crippen LogP contribution in [0, 0.1) is 5.92 Å². The zero-order valence-electron chi connectivity index (χ0n) is 12.3. The molecule has 0 atom stereocenters. The maximum atomic E-state index is 12.1. The fraction of sp³-hybridized carbons (Fsp3) is 0.688. The smallest absolute Gasteiger partial charge is 0.236 e. The van der Waals surface area contributed by atoms with Crippen molar-refractivity contribution in [3.8, 4) is 0 Å². The third-order valence-corrected chi connectivity index (χ3v) is 4.32. The second-order valence-corrected chi connectivity index (χ2v) is 5.57. The molecule has 2 aliphatic heterocycles. The SMILES string of the molecule is CC=CC(=CC)C1CCN(C(=O)CN2CCC2)CC1. The lowest BCUT2D eigenvalue weighted by atomic mass is 9.88. The number of hydrogen-bond acceptors (Lipinski definition) is 2. The van der Waals surface area contributed by atoms with Gasteiger partial charge in [0.2, 0.25) is 5.91 Å². The minimum Gasteiger partial charge on any atom is -0.342 e. The number of hydrogen-bond donors (Lipinski definition) is 0. The summed E-state index contributed by atoms with van der Waals surface area (Å²) >= 11 is 0. The minimum atomic E-state index is 0.325. The highest BCUT2D eigenvalue weighted by Crippen LogP contribution is 2.25. The summed E-state index contributed by atoms with van der Waals surface area (Å²) in [5, 5.41) is 0. The van der Waals surface area contributed by atoms with Crippen molar-refractivity contribution in [3.63, 3.8) is 0 Å². The summed E-state index contributed by atoms with van der Waals surface area (Å²) in [6.45, 7) is 8.86. The molecule has 0 radical (unpaired) electrons. The van der Waals surface area contributed by atoms with E-state index in [1.165, 1.54) is 12.0 Å². The summed E-state index contributed by atoms with van der Waals surface area (Å²) in [7, 11) is 0. The topological polar surface area (TPSA) is 23.6 Å². The molecule has 0 saturated carbocycles. The van der Waals surface area contributed by atoms with Gasteiger partial charge in [-0.15, -0.1) is 0 Å². The van der Waals surface area contributed by atoms with Crippen LogP contribution in [0.4, 0.5) is 0 Å². The van der Waals surface area contributed by atoms with Gasteiger partial charge in [-0.1, -0.05) is 18.2 Å². The molecule has 0 aliphatic carbocycles. The van der Waals surface area contributed by atoms with Crippen molar-refractivity contribution in [2.75, 3.05) is 32.7 Å². The second kappa shape index (κ2) is 6.90. The Morgan fingerprint density at radius 2 is 1.84 bits per heavy atom. The van der Waals surface area contributed by atoms with Crippen LogP contribution < -0.4 is 0 Å². The number of nitrogens with zero attached hydrogens (tertiary/aromatic N) is 2. The van der Waals surface area contributed by atoms with E-state index in [-0.39, 0.29) is 0 Å². The van der Waals surface area contributed by atoms with E-state index in [1.54, 1.807) is 0 Å². The van der Waals surface area contributed by atoms with E-state index in [4.69, 9.17) is 0 Å². The van der Waals surface area contributed by atoms with Crippen LogP contribution in [0.25, 0.3) is 0 Å². The first kappa shape index (κ1) is 14.3. The molecule has 2 aliphatic rings. The second-order valence-electron chi connectivity index (χ2n) is 5.57. The van der Waals surface area contributed by atoms with Crippen molar-refractivity contribution in [1.29, 1.82) is 0 Å². The number of allylic oxidation sites excluding steroid dienone is 4. The van der Waals surface area contributed by atoms with Crippen LogP contribution in [-0.2, 0) is 4.79 Å². The Hall–Kier alpha value is -1.09. The van der Waals surface area contributed by atoms with Crippen LogP contribution in [0.2, 0.25) is 0 Å². The zero-order chi connectivity index (χ0) is 13.7. The summed E-state index contributed by atoms with van der Waals surface area (Å²) in [5.41, 5.74) is 1.43. The molecule has 2 heterocycles. The van der Waals surface area contributed by atoms with Gasteiger partial charge in [-0.05, 0) is 57.7 Å². The van der Waals surface area contributed by atoms with Gasteiger partial charge in [0.1, 0.15) is 0 Å². The van der Waals surface area contributed by atoms with Gasteiger partial charge >= 0.3 is 0 Å². The Morgan fingerprint density at radius 1 is 1.16 bits per heavy atom. The normalized spacial score (nSPS) is 22.8. The van der Waals surface area contributed by atoms with Gasteiger partial charge in [0, 0.05) is 13.1 Å². The Bertz CT molecular complexity index is 361. The third kappa shape index (κ3) is 3.69. The highest BCUT2D eigenvalue weighted by Gasteiger charge is 2.26. The maximum Gasteiger partial charge on any atom is 0.236 e. The van der Waals surface area contributed by atoms with Crippen LogP contribution in [0.5, 0.6) is 0 Å². The molecule has 0 bridgehead atoms. The Kier molecular flexibility index (Phi) is 5.20. The van der Waals surface area contributed by atoms with E-state index in [1.807, 2.05) is 0 Å². The highest BCUT2D eigenvalue weighted by molar-refractivity contribution is 5.78. The van der Waals surface area contributed by atoms with Crippen molar-refractivity contribution in [2.45, 2.75) is 33.1 Å². The zero-order valence-corrected chi connectivity index (χ0v) is 12.3. The number of rotatable bonds is 4. The molecule has 3 heteroatoms. The molecule has 0 unspecified atom stereocenters. The maximum absolute atomic E-state index is 12.1. The number of carbonyl (C=O) groups is 1. The standard InChI is InChI=1S/C16H26N2O/c1-3-6-14(4-2)15-7-11-18(12-8-15)16(19)13-17-9-5-10-17/h3-4,6,15H,5,7-13H2,1-2H3. The number of likely N-dealkylation sites (tertiary alicyclic amines) is 2. The van der Waals surface area contributed by atoms with E-state index < -0.39 is 0 Å². The minimum absolute atomic E-state index is 0.325. The van der Waals surface area contributed by atoms with Gasteiger partial charge in [-0.2, -0.15) is 0 Å². The first-order chi connectivity index (χ1) is 9.24. The van der Waals surface area contributed by atoms with Gasteiger partial charge in [0.25, 0.3) is 0 Å². The number of piperidine rings is 1. The predicted molar refractivity (Wildman–Crippen MR) is 78.9 cm³/mol. The molecule has 1 amide bonds. The molecule has 19 heavy (non-hydrogen) atoms. The van der Waals surface area contributed by atoms with Crippen LogP contribution in [0.1, 0.15) is 33.1 Å². The molecular formula is C16H26N2O. The van der Waals surface area contributed by atoms with Crippen LogP contribution in [-0.4, -0.2) is 48.4 Å². The number of amides is 1. The first-order valence-corrected chi connectivity index (χ1v) is 7.53. The predicted octanol–water partition coefficient (Wildman–Crippen LogP) is 2.45. The van der Waals surface area contributed by atoms with Crippen molar-refractivity contribution in [2.24, 2.45) is 5.92 Å². The molecule has 2 saturated heterocycles. The summed E-state index contributed by atoms with van der Waals surface area (Å²) in [6, 6.07) is 0. The summed E-state index contributed by atoms with van der Waals surface area (Å²) in [4.78, 5) is 16.4. The Labute approximate surface area is 117 Å². The lowest BCUT2D eigenvalue weighted by molar-refractivity contribution is -0.134. The van der Waals surface area contributed by atoms with E-state index in [0.29, 0.717) is 18.4 Å². The average Bonchev–Trinajstić information content (AvgIpc) is 2.40. The molecule has 2 rings (SSSR count). The van der Waals surface area contributed by atoms with E-state index in [0.717, 1.165) is 39.0 Å². The van der Waals surface area contributed by atoms with Gasteiger partial charge in [-0.3, -0.25) is 9.69 Å². The molecule has 0 spiro atoms. The Morgan fingerprint density at radius 3 is 2.32 bits per heavy atom. The molecule has 0 aromatic rings.